The molecule has 0 fully saturated rings. The summed E-state index contributed by atoms with van der Waals surface area (Å²) in [6.07, 6.45) is 5.22. The fourth-order valence-corrected chi connectivity index (χ4v) is 3.83. The fraction of sp³-hybridized carbons (Fsp3) is 0.259. The standard InChI is InChI=1S/C27H28N4O4/c1-18-21-8-9-30-24(21)6-5-23(18)31-27-20(15-28)16-29-17-22(27)19-4-7-25(34-12-10-32-2)26(14-19)35-13-11-33-3/h4-9,14,16-17,30H,10-13H2,1-3H3,(H,29,31). The van der Waals surface area contributed by atoms with E-state index in [0.717, 1.165) is 33.3 Å². The van der Waals surface area contributed by atoms with Crippen LogP contribution in [0.5, 0.6) is 11.5 Å². The zero-order valence-electron chi connectivity index (χ0n) is 20.1. The van der Waals surface area contributed by atoms with E-state index in [1.54, 1.807) is 26.6 Å². The number of fused-ring (bicyclic) bond motifs is 1. The molecule has 0 aliphatic rings. The second kappa shape index (κ2) is 11.4. The lowest BCUT2D eigenvalue weighted by atomic mass is 10.0. The quantitative estimate of drug-likeness (QED) is 0.289. The van der Waals surface area contributed by atoms with E-state index in [1.807, 2.05) is 42.6 Å². The van der Waals surface area contributed by atoms with Gasteiger partial charge in [-0.3, -0.25) is 4.98 Å². The molecule has 0 radical (unpaired) electrons. The highest BCUT2D eigenvalue weighted by Crippen LogP contribution is 2.38. The first-order valence-electron chi connectivity index (χ1n) is 11.3. The Balaban J connectivity index is 1.74. The smallest absolute Gasteiger partial charge is 0.161 e. The highest BCUT2D eigenvalue weighted by molar-refractivity contribution is 5.91. The predicted molar refractivity (Wildman–Crippen MR) is 135 cm³/mol. The van der Waals surface area contributed by atoms with Crippen molar-refractivity contribution < 1.29 is 18.9 Å². The average molecular weight is 473 g/mol. The third-order valence-electron chi connectivity index (χ3n) is 5.67. The van der Waals surface area contributed by atoms with E-state index in [2.05, 4.69) is 28.3 Å². The number of anilines is 2. The topological polar surface area (TPSA) is 101 Å². The van der Waals surface area contributed by atoms with Gasteiger partial charge in [0.1, 0.15) is 19.3 Å². The first-order chi connectivity index (χ1) is 17.2. The molecule has 2 N–H and O–H groups in total. The number of nitrogens with one attached hydrogen (secondary N) is 2. The molecule has 0 aliphatic heterocycles. The van der Waals surface area contributed by atoms with Crippen LogP contribution in [0.25, 0.3) is 22.0 Å². The molecular weight excluding hydrogens is 444 g/mol. The van der Waals surface area contributed by atoms with Gasteiger partial charge in [-0.2, -0.15) is 5.26 Å². The molecule has 8 nitrogen and oxygen atoms in total. The van der Waals surface area contributed by atoms with Crippen molar-refractivity contribution in [1.82, 2.24) is 9.97 Å². The lowest BCUT2D eigenvalue weighted by Gasteiger charge is -2.18. The molecule has 2 heterocycles. The Morgan fingerprint density at radius 1 is 0.943 bits per heavy atom. The fourth-order valence-electron chi connectivity index (χ4n) is 3.83. The van der Waals surface area contributed by atoms with E-state index in [1.165, 1.54) is 0 Å². The van der Waals surface area contributed by atoms with E-state index in [-0.39, 0.29) is 0 Å². The summed E-state index contributed by atoms with van der Waals surface area (Å²) in [5.74, 6) is 1.18. The molecule has 0 saturated carbocycles. The van der Waals surface area contributed by atoms with Gasteiger partial charge < -0.3 is 29.2 Å². The molecule has 180 valence electrons. The van der Waals surface area contributed by atoms with Crippen molar-refractivity contribution in [3.05, 3.63) is 66.1 Å². The molecule has 4 rings (SSSR count). The number of benzene rings is 2. The Morgan fingerprint density at radius 3 is 2.46 bits per heavy atom. The van der Waals surface area contributed by atoms with Crippen molar-refractivity contribution in [3.8, 4) is 28.7 Å². The van der Waals surface area contributed by atoms with Crippen molar-refractivity contribution in [2.75, 3.05) is 46.0 Å². The van der Waals surface area contributed by atoms with Gasteiger partial charge in [-0.1, -0.05) is 6.07 Å². The number of rotatable bonds is 11. The summed E-state index contributed by atoms with van der Waals surface area (Å²) in [7, 11) is 3.25. The number of hydrogen-bond donors (Lipinski definition) is 2. The van der Waals surface area contributed by atoms with Gasteiger partial charge in [0.2, 0.25) is 0 Å². The predicted octanol–water partition coefficient (Wildman–Crippen LogP) is 5.20. The molecule has 0 atom stereocenters. The Kier molecular flexibility index (Phi) is 7.83. The van der Waals surface area contributed by atoms with Gasteiger partial charge in [-0.15, -0.1) is 0 Å². The largest absolute Gasteiger partial charge is 0.487 e. The van der Waals surface area contributed by atoms with Crippen molar-refractivity contribution in [3.63, 3.8) is 0 Å². The van der Waals surface area contributed by atoms with Crippen molar-refractivity contribution in [2.24, 2.45) is 0 Å². The summed E-state index contributed by atoms with van der Waals surface area (Å²) in [6, 6.07) is 14.0. The zero-order chi connectivity index (χ0) is 24.6. The molecule has 2 aromatic carbocycles. The van der Waals surface area contributed by atoms with Gasteiger partial charge in [-0.05, 0) is 48.4 Å². The van der Waals surface area contributed by atoms with Gasteiger partial charge in [0.15, 0.2) is 11.5 Å². The number of ether oxygens (including phenoxy) is 4. The lowest BCUT2D eigenvalue weighted by molar-refractivity contribution is 0.132. The molecule has 0 bridgehead atoms. The van der Waals surface area contributed by atoms with Gasteiger partial charge in [-0.25, -0.2) is 0 Å². The molecule has 0 saturated heterocycles. The van der Waals surface area contributed by atoms with Crippen LogP contribution in [0, 0.1) is 18.3 Å². The van der Waals surface area contributed by atoms with Gasteiger partial charge >= 0.3 is 0 Å². The number of aromatic amines is 1. The summed E-state index contributed by atoms with van der Waals surface area (Å²) < 4.78 is 22.0. The second-order valence-electron chi connectivity index (χ2n) is 7.87. The lowest BCUT2D eigenvalue weighted by Crippen LogP contribution is -2.08. The van der Waals surface area contributed by atoms with Crippen molar-refractivity contribution >= 4 is 22.3 Å². The monoisotopic (exact) mass is 472 g/mol. The Labute approximate surface area is 204 Å². The Hall–Kier alpha value is -4.06. The maximum atomic E-state index is 9.83. The van der Waals surface area contributed by atoms with E-state index in [9.17, 15) is 5.26 Å². The maximum absolute atomic E-state index is 9.83. The van der Waals surface area contributed by atoms with Crippen molar-refractivity contribution in [1.29, 1.82) is 5.26 Å². The van der Waals surface area contributed by atoms with E-state index in [0.29, 0.717) is 49.2 Å². The molecule has 35 heavy (non-hydrogen) atoms. The minimum Gasteiger partial charge on any atom is -0.487 e. The summed E-state index contributed by atoms with van der Waals surface area (Å²) in [4.78, 5) is 7.54. The summed E-state index contributed by atoms with van der Waals surface area (Å²) in [5, 5.41) is 14.4. The van der Waals surface area contributed by atoms with Crippen LogP contribution >= 0.6 is 0 Å². The molecule has 0 aliphatic carbocycles. The number of methoxy groups -OCH3 is 2. The second-order valence-corrected chi connectivity index (χ2v) is 7.87. The molecular formula is C27H28N4O4. The Morgan fingerprint density at radius 2 is 1.71 bits per heavy atom. The third kappa shape index (κ3) is 5.38. The molecule has 8 heteroatoms. The van der Waals surface area contributed by atoms with Crippen LogP contribution in [-0.2, 0) is 9.47 Å². The van der Waals surface area contributed by atoms with Gasteiger partial charge in [0, 0.05) is 55.0 Å². The third-order valence-corrected chi connectivity index (χ3v) is 5.67. The molecule has 0 amide bonds. The maximum Gasteiger partial charge on any atom is 0.161 e. The number of H-pyrrole nitrogens is 1. The van der Waals surface area contributed by atoms with Crippen LogP contribution in [0.1, 0.15) is 11.1 Å². The highest BCUT2D eigenvalue weighted by Gasteiger charge is 2.16. The number of hydrogen-bond acceptors (Lipinski definition) is 7. The minimum atomic E-state index is 0.373. The summed E-state index contributed by atoms with van der Waals surface area (Å²) in [5.41, 5.74) is 5.79. The SMILES string of the molecule is COCCOc1ccc(-c2cncc(C#N)c2Nc2ccc3[nH]ccc3c2C)cc1OCCOC. The van der Waals surface area contributed by atoms with E-state index < -0.39 is 0 Å². The van der Waals surface area contributed by atoms with Crippen LogP contribution in [0.4, 0.5) is 11.4 Å². The molecule has 0 unspecified atom stereocenters. The normalized spacial score (nSPS) is 10.8. The highest BCUT2D eigenvalue weighted by atomic mass is 16.5. The van der Waals surface area contributed by atoms with Crippen molar-refractivity contribution in [2.45, 2.75) is 6.92 Å². The first-order valence-corrected chi connectivity index (χ1v) is 11.3. The number of aryl methyl sites for hydroxylation is 1. The summed E-state index contributed by atoms with van der Waals surface area (Å²) >= 11 is 0. The minimum absolute atomic E-state index is 0.373. The van der Waals surface area contributed by atoms with Crippen LogP contribution in [0.2, 0.25) is 0 Å². The molecule has 2 aromatic heterocycles. The number of nitriles is 1. The van der Waals surface area contributed by atoms with Crippen LogP contribution in [0.15, 0.2) is 55.0 Å². The van der Waals surface area contributed by atoms with Crippen LogP contribution in [0.3, 0.4) is 0 Å². The van der Waals surface area contributed by atoms with Gasteiger partial charge in [0.25, 0.3) is 0 Å². The molecule has 0 spiro atoms. The molecule has 4 aromatic rings. The van der Waals surface area contributed by atoms with Crippen LogP contribution in [-0.4, -0.2) is 50.6 Å². The van der Waals surface area contributed by atoms with E-state index in [4.69, 9.17) is 18.9 Å². The summed E-state index contributed by atoms with van der Waals surface area (Å²) in [6.45, 7) is 3.74. The first kappa shape index (κ1) is 24.1. The zero-order valence-corrected chi connectivity index (χ0v) is 20.1. The van der Waals surface area contributed by atoms with Crippen LogP contribution < -0.4 is 14.8 Å². The number of aromatic nitrogens is 2. The number of pyridine rings is 1. The average Bonchev–Trinajstić information content (AvgIpc) is 3.36. The Bertz CT molecular complexity index is 1340. The number of nitrogens with zero attached hydrogens (tertiary/aromatic N) is 2. The van der Waals surface area contributed by atoms with E-state index >= 15 is 0 Å². The van der Waals surface area contributed by atoms with Gasteiger partial charge in [0.05, 0.1) is 24.5 Å².